The quantitative estimate of drug-likeness (QED) is 0.933. The molecule has 2 aromatic rings. The normalized spacial score (nSPS) is 13.9. The van der Waals surface area contributed by atoms with Gasteiger partial charge in [0.05, 0.1) is 0 Å². The molecule has 0 saturated carbocycles. The molecule has 1 N–H and O–H groups in total. The molecule has 19 heavy (non-hydrogen) atoms. The summed E-state index contributed by atoms with van der Waals surface area (Å²) in [6, 6.07) is 2.63. The van der Waals surface area contributed by atoms with Crippen molar-refractivity contribution in [2.24, 2.45) is 0 Å². The maximum absolute atomic E-state index is 4.72. The second-order valence-electron chi connectivity index (χ2n) is 5.29. The van der Waals surface area contributed by atoms with E-state index >= 15 is 0 Å². The summed E-state index contributed by atoms with van der Waals surface area (Å²) in [7, 11) is 0. The summed E-state index contributed by atoms with van der Waals surface area (Å²) in [6.45, 7) is 6.26. The first-order valence-electron chi connectivity index (χ1n) is 6.73. The summed E-state index contributed by atoms with van der Waals surface area (Å²) in [5.41, 5.74) is 4.85. The third-order valence-corrected chi connectivity index (χ3v) is 4.20. The van der Waals surface area contributed by atoms with Crippen LogP contribution in [0.25, 0.3) is 10.6 Å². The highest BCUT2D eigenvalue weighted by Gasteiger charge is 2.17. The lowest BCUT2D eigenvalue weighted by Crippen LogP contribution is -2.08. The second-order valence-corrected chi connectivity index (χ2v) is 6.27. The molecule has 0 aliphatic heterocycles. The van der Waals surface area contributed by atoms with Gasteiger partial charge in [0.1, 0.15) is 0 Å². The van der Waals surface area contributed by atoms with Crippen LogP contribution in [0.15, 0.2) is 6.07 Å². The highest BCUT2D eigenvalue weighted by molar-refractivity contribution is 7.18. The number of aromatic nitrogens is 3. The number of nitrogens with zero attached hydrogens (tertiary/aromatic N) is 3. The van der Waals surface area contributed by atoms with Crippen LogP contribution in [0.2, 0.25) is 0 Å². The molecular weight excluding hydrogens is 256 g/mol. The molecule has 1 aliphatic carbocycles. The average Bonchev–Trinajstić information content (AvgIpc) is 2.95. The van der Waals surface area contributed by atoms with E-state index in [0.29, 0.717) is 6.04 Å². The van der Waals surface area contributed by atoms with E-state index in [0.717, 1.165) is 34.2 Å². The first-order valence-corrected chi connectivity index (χ1v) is 7.55. The Kier molecular flexibility index (Phi) is 3.22. The van der Waals surface area contributed by atoms with E-state index in [9.17, 15) is 0 Å². The maximum Gasteiger partial charge on any atom is 0.206 e. The smallest absolute Gasteiger partial charge is 0.206 e. The molecule has 2 aromatic heterocycles. The number of nitrogens with one attached hydrogen (secondary N) is 1. The summed E-state index contributed by atoms with van der Waals surface area (Å²) in [5.74, 6) is 0. The molecule has 0 amide bonds. The van der Waals surface area contributed by atoms with E-state index in [1.807, 2.05) is 0 Å². The summed E-state index contributed by atoms with van der Waals surface area (Å²) in [4.78, 5) is 4.72. The van der Waals surface area contributed by atoms with E-state index in [4.69, 9.17) is 4.98 Å². The van der Waals surface area contributed by atoms with Crippen LogP contribution >= 0.6 is 11.3 Å². The molecule has 0 atom stereocenters. The zero-order valence-corrected chi connectivity index (χ0v) is 12.3. The Morgan fingerprint density at radius 3 is 2.89 bits per heavy atom. The Morgan fingerprint density at radius 2 is 2.11 bits per heavy atom. The Bertz CT molecular complexity index is 603. The molecule has 0 saturated heterocycles. The van der Waals surface area contributed by atoms with E-state index in [1.54, 1.807) is 11.3 Å². The van der Waals surface area contributed by atoms with Crippen LogP contribution in [-0.2, 0) is 12.8 Å². The lowest BCUT2D eigenvalue weighted by atomic mass is 10.1. The standard InChI is InChI=1S/C14H18N4S/c1-8(2)15-14-18-17-13(19-14)11-7-10-5-4-6-12(10)16-9(11)3/h7-8H,4-6H2,1-3H3,(H,15,18). The van der Waals surface area contributed by atoms with E-state index in [2.05, 4.69) is 42.4 Å². The van der Waals surface area contributed by atoms with Crippen molar-refractivity contribution in [3.63, 3.8) is 0 Å². The van der Waals surface area contributed by atoms with Gasteiger partial charge in [-0.25, -0.2) is 0 Å². The number of rotatable bonds is 3. The highest BCUT2D eigenvalue weighted by atomic mass is 32.1. The monoisotopic (exact) mass is 274 g/mol. The van der Waals surface area contributed by atoms with Crippen LogP contribution in [-0.4, -0.2) is 21.2 Å². The van der Waals surface area contributed by atoms with Gasteiger partial charge in [-0.2, -0.15) is 0 Å². The van der Waals surface area contributed by atoms with Crippen LogP contribution in [0.4, 0.5) is 5.13 Å². The molecule has 0 radical (unpaired) electrons. The number of pyridine rings is 1. The van der Waals surface area contributed by atoms with Crippen LogP contribution in [0, 0.1) is 6.92 Å². The molecule has 5 heteroatoms. The third kappa shape index (κ3) is 2.47. The van der Waals surface area contributed by atoms with E-state index in [-0.39, 0.29) is 0 Å². The molecule has 0 spiro atoms. The number of hydrogen-bond donors (Lipinski definition) is 1. The number of fused-ring (bicyclic) bond motifs is 1. The van der Waals surface area contributed by atoms with Crippen LogP contribution in [0.1, 0.15) is 37.2 Å². The summed E-state index contributed by atoms with van der Waals surface area (Å²) < 4.78 is 0. The minimum Gasteiger partial charge on any atom is -0.358 e. The van der Waals surface area contributed by atoms with Crippen molar-refractivity contribution in [2.45, 2.75) is 46.1 Å². The summed E-state index contributed by atoms with van der Waals surface area (Å²) in [6.07, 6.45) is 3.49. The van der Waals surface area contributed by atoms with Crippen molar-refractivity contribution in [3.05, 3.63) is 23.0 Å². The largest absolute Gasteiger partial charge is 0.358 e. The van der Waals surface area contributed by atoms with Crippen molar-refractivity contribution < 1.29 is 0 Å². The fourth-order valence-electron chi connectivity index (χ4n) is 2.43. The molecule has 3 rings (SSSR count). The number of anilines is 1. The topological polar surface area (TPSA) is 50.7 Å². The number of hydrogen-bond acceptors (Lipinski definition) is 5. The van der Waals surface area contributed by atoms with Crippen molar-refractivity contribution in [1.29, 1.82) is 0 Å². The molecule has 100 valence electrons. The van der Waals surface area contributed by atoms with Crippen molar-refractivity contribution in [1.82, 2.24) is 15.2 Å². The fourth-order valence-corrected chi connectivity index (χ4v) is 3.39. The minimum atomic E-state index is 0.375. The fraction of sp³-hybridized carbons (Fsp3) is 0.500. The Morgan fingerprint density at radius 1 is 1.26 bits per heavy atom. The lowest BCUT2D eigenvalue weighted by molar-refractivity contribution is 0.888. The molecule has 4 nitrogen and oxygen atoms in total. The Balaban J connectivity index is 1.95. The van der Waals surface area contributed by atoms with Gasteiger partial charge in [-0.1, -0.05) is 11.3 Å². The summed E-state index contributed by atoms with van der Waals surface area (Å²) >= 11 is 1.60. The predicted molar refractivity (Wildman–Crippen MR) is 78.7 cm³/mol. The molecule has 0 bridgehead atoms. The molecule has 0 aromatic carbocycles. The van der Waals surface area contributed by atoms with Gasteiger partial charge >= 0.3 is 0 Å². The number of aryl methyl sites for hydroxylation is 3. The first kappa shape index (κ1) is 12.5. The highest BCUT2D eigenvalue weighted by Crippen LogP contribution is 2.32. The van der Waals surface area contributed by atoms with Gasteiger partial charge in [0.25, 0.3) is 0 Å². The van der Waals surface area contributed by atoms with Crippen molar-refractivity contribution in [2.75, 3.05) is 5.32 Å². The second kappa shape index (κ2) is 4.89. The first-order chi connectivity index (χ1) is 9.13. The van der Waals surface area contributed by atoms with Gasteiger partial charge in [0.2, 0.25) is 5.13 Å². The molecule has 0 unspecified atom stereocenters. The molecule has 2 heterocycles. The van der Waals surface area contributed by atoms with Gasteiger partial charge in [-0.3, -0.25) is 4.98 Å². The van der Waals surface area contributed by atoms with E-state index in [1.165, 1.54) is 17.7 Å². The van der Waals surface area contributed by atoms with Crippen LogP contribution in [0.3, 0.4) is 0 Å². The van der Waals surface area contributed by atoms with Gasteiger partial charge < -0.3 is 5.32 Å². The zero-order chi connectivity index (χ0) is 13.4. The van der Waals surface area contributed by atoms with Crippen LogP contribution in [0.5, 0.6) is 0 Å². The third-order valence-electron chi connectivity index (χ3n) is 3.31. The SMILES string of the molecule is Cc1nc2c(cc1-c1nnc(NC(C)C)s1)CCC2. The maximum atomic E-state index is 4.72. The summed E-state index contributed by atoms with van der Waals surface area (Å²) in [5, 5.41) is 13.6. The van der Waals surface area contributed by atoms with E-state index < -0.39 is 0 Å². The lowest BCUT2D eigenvalue weighted by Gasteiger charge is -2.05. The van der Waals surface area contributed by atoms with Gasteiger partial charge in [-0.15, -0.1) is 10.2 Å². The van der Waals surface area contributed by atoms with Crippen molar-refractivity contribution >= 4 is 16.5 Å². The zero-order valence-electron chi connectivity index (χ0n) is 11.5. The van der Waals surface area contributed by atoms with Crippen LogP contribution < -0.4 is 5.32 Å². The van der Waals surface area contributed by atoms with Gasteiger partial charge in [-0.05, 0) is 51.7 Å². The average molecular weight is 274 g/mol. The van der Waals surface area contributed by atoms with Crippen molar-refractivity contribution in [3.8, 4) is 10.6 Å². The minimum absolute atomic E-state index is 0.375. The molecule has 1 aliphatic rings. The van der Waals surface area contributed by atoms with Gasteiger partial charge in [0, 0.05) is 23.0 Å². The Hall–Kier alpha value is -1.49. The Labute approximate surface area is 117 Å². The molecular formula is C14H18N4S. The predicted octanol–water partition coefficient (Wildman–Crippen LogP) is 3.22. The van der Waals surface area contributed by atoms with Gasteiger partial charge in [0.15, 0.2) is 5.01 Å². The molecule has 0 fully saturated rings.